The highest BCUT2D eigenvalue weighted by molar-refractivity contribution is 9.10. The van der Waals surface area contributed by atoms with Crippen molar-refractivity contribution in [3.63, 3.8) is 0 Å². The van der Waals surface area contributed by atoms with E-state index in [9.17, 15) is 4.39 Å². The molecule has 0 unspecified atom stereocenters. The zero-order valence-electron chi connectivity index (χ0n) is 10.3. The average molecular weight is 369 g/mol. The van der Waals surface area contributed by atoms with Crippen molar-refractivity contribution < 1.29 is 4.39 Å². The largest absolute Gasteiger partial charge is 0.399 e. The first-order chi connectivity index (χ1) is 9.61. The Hall–Kier alpha value is -1.11. The Morgan fingerprint density at radius 3 is 2.95 bits per heavy atom. The number of aromatic nitrogens is 1. The zero-order chi connectivity index (χ0) is 14.1. The molecule has 1 heterocycles. The highest BCUT2D eigenvalue weighted by Gasteiger charge is 2.08. The molecule has 6 heteroatoms. The second-order valence-electron chi connectivity index (χ2n) is 4.23. The van der Waals surface area contributed by atoms with Crippen LogP contribution in [0.5, 0.6) is 0 Å². The van der Waals surface area contributed by atoms with Crippen LogP contribution in [0.2, 0.25) is 0 Å². The van der Waals surface area contributed by atoms with Gasteiger partial charge in [-0.2, -0.15) is 0 Å². The minimum atomic E-state index is -0.189. The number of rotatable bonds is 3. The molecule has 1 aromatic heterocycles. The van der Waals surface area contributed by atoms with E-state index in [0.29, 0.717) is 11.3 Å². The maximum Gasteiger partial charge on any atom is 0.151 e. The number of hydrogen-bond donors (Lipinski definition) is 1. The Morgan fingerprint density at radius 2 is 2.10 bits per heavy atom. The van der Waals surface area contributed by atoms with E-state index >= 15 is 0 Å². The van der Waals surface area contributed by atoms with Crippen molar-refractivity contribution in [2.45, 2.75) is 10.1 Å². The molecular weight excluding hydrogens is 359 g/mol. The predicted molar refractivity (Wildman–Crippen MR) is 87.7 cm³/mol. The molecule has 0 atom stereocenters. The third-order valence-electron chi connectivity index (χ3n) is 2.75. The first kappa shape index (κ1) is 13.9. The summed E-state index contributed by atoms with van der Waals surface area (Å²) in [7, 11) is 0. The molecule has 0 aliphatic rings. The lowest BCUT2D eigenvalue weighted by Gasteiger charge is -2.01. The molecule has 0 fully saturated rings. The number of nitrogens with two attached hydrogens (primary N) is 1. The van der Waals surface area contributed by atoms with E-state index in [1.54, 1.807) is 23.5 Å². The molecule has 0 aliphatic heterocycles. The topological polar surface area (TPSA) is 38.9 Å². The van der Waals surface area contributed by atoms with Crippen molar-refractivity contribution in [1.29, 1.82) is 0 Å². The van der Waals surface area contributed by atoms with Gasteiger partial charge in [0.1, 0.15) is 5.82 Å². The van der Waals surface area contributed by atoms with E-state index in [1.165, 1.54) is 17.8 Å². The van der Waals surface area contributed by atoms with Gasteiger partial charge in [0, 0.05) is 15.9 Å². The van der Waals surface area contributed by atoms with Crippen LogP contribution in [-0.4, -0.2) is 4.98 Å². The van der Waals surface area contributed by atoms with E-state index in [0.717, 1.165) is 24.7 Å². The van der Waals surface area contributed by atoms with Crippen molar-refractivity contribution in [2.75, 3.05) is 5.73 Å². The Morgan fingerprint density at radius 1 is 1.25 bits per heavy atom. The lowest BCUT2D eigenvalue weighted by Crippen LogP contribution is -1.87. The molecule has 0 aliphatic carbocycles. The highest BCUT2D eigenvalue weighted by Crippen LogP contribution is 2.33. The molecule has 0 amide bonds. The summed E-state index contributed by atoms with van der Waals surface area (Å²) in [5, 5.41) is 0. The van der Waals surface area contributed by atoms with Crippen LogP contribution in [0.1, 0.15) is 5.56 Å². The fourth-order valence-electron chi connectivity index (χ4n) is 1.78. The first-order valence-corrected chi connectivity index (χ1v) is 8.44. The van der Waals surface area contributed by atoms with Gasteiger partial charge in [-0.05, 0) is 42.0 Å². The summed E-state index contributed by atoms with van der Waals surface area (Å²) in [6.45, 7) is 0. The van der Waals surface area contributed by atoms with E-state index in [4.69, 9.17) is 5.73 Å². The molecule has 3 rings (SSSR count). The van der Waals surface area contributed by atoms with Gasteiger partial charge in [0.2, 0.25) is 0 Å². The van der Waals surface area contributed by atoms with Crippen LogP contribution in [-0.2, 0) is 5.75 Å². The smallest absolute Gasteiger partial charge is 0.151 e. The molecule has 0 saturated heterocycles. The maximum atomic E-state index is 13.7. The van der Waals surface area contributed by atoms with E-state index in [-0.39, 0.29) is 5.82 Å². The minimum Gasteiger partial charge on any atom is -0.399 e. The number of thiazole rings is 1. The van der Waals surface area contributed by atoms with Crippen LogP contribution in [0.15, 0.2) is 45.2 Å². The molecule has 102 valence electrons. The van der Waals surface area contributed by atoms with Crippen molar-refractivity contribution >= 4 is 54.9 Å². The standard InChI is InChI=1S/C14H10BrFN2S2/c15-9-1-3-11(16)8(5-9)7-19-14-18-12-4-2-10(17)6-13(12)20-14/h1-6H,7,17H2. The van der Waals surface area contributed by atoms with Gasteiger partial charge in [-0.25, -0.2) is 9.37 Å². The number of nitrogen functional groups attached to an aromatic ring is 1. The second kappa shape index (κ2) is 5.71. The summed E-state index contributed by atoms with van der Waals surface area (Å²) >= 11 is 6.47. The number of benzene rings is 2. The Kier molecular flexibility index (Phi) is 3.96. The number of anilines is 1. The van der Waals surface area contributed by atoms with E-state index < -0.39 is 0 Å². The number of halogens is 2. The van der Waals surface area contributed by atoms with Gasteiger partial charge in [0.05, 0.1) is 10.2 Å². The summed E-state index contributed by atoms with van der Waals surface area (Å²) < 4.78 is 16.5. The molecule has 2 N–H and O–H groups in total. The van der Waals surface area contributed by atoms with Crippen molar-refractivity contribution in [2.24, 2.45) is 0 Å². The number of nitrogens with zero attached hydrogens (tertiary/aromatic N) is 1. The maximum absolute atomic E-state index is 13.7. The van der Waals surface area contributed by atoms with Crippen LogP contribution < -0.4 is 5.73 Å². The third kappa shape index (κ3) is 2.97. The fourth-order valence-corrected chi connectivity index (χ4v) is 4.27. The SMILES string of the molecule is Nc1ccc2nc(SCc3cc(Br)ccc3F)sc2c1. The van der Waals surface area contributed by atoms with Gasteiger partial charge < -0.3 is 5.73 Å². The highest BCUT2D eigenvalue weighted by atomic mass is 79.9. The molecule has 0 bridgehead atoms. The molecule has 2 aromatic carbocycles. The van der Waals surface area contributed by atoms with Crippen LogP contribution in [0.3, 0.4) is 0 Å². The van der Waals surface area contributed by atoms with Gasteiger partial charge in [-0.3, -0.25) is 0 Å². The minimum absolute atomic E-state index is 0.189. The number of hydrogen-bond acceptors (Lipinski definition) is 4. The molecule has 0 saturated carbocycles. The molecule has 0 spiro atoms. The van der Waals surface area contributed by atoms with Crippen molar-refractivity contribution in [3.05, 3.63) is 52.3 Å². The molecule has 0 radical (unpaired) electrons. The van der Waals surface area contributed by atoms with Crippen LogP contribution in [0, 0.1) is 5.82 Å². The monoisotopic (exact) mass is 368 g/mol. The fraction of sp³-hybridized carbons (Fsp3) is 0.0714. The number of fused-ring (bicyclic) bond motifs is 1. The lowest BCUT2D eigenvalue weighted by atomic mass is 10.2. The average Bonchev–Trinajstić information content (AvgIpc) is 2.81. The van der Waals surface area contributed by atoms with Gasteiger partial charge in [-0.15, -0.1) is 11.3 Å². The van der Waals surface area contributed by atoms with Gasteiger partial charge >= 0.3 is 0 Å². The summed E-state index contributed by atoms with van der Waals surface area (Å²) in [4.78, 5) is 4.51. The van der Waals surface area contributed by atoms with E-state index in [2.05, 4.69) is 20.9 Å². The molecule has 2 nitrogen and oxygen atoms in total. The number of thioether (sulfide) groups is 1. The lowest BCUT2D eigenvalue weighted by molar-refractivity contribution is 0.617. The quantitative estimate of drug-likeness (QED) is 0.517. The zero-order valence-corrected chi connectivity index (χ0v) is 13.5. The van der Waals surface area contributed by atoms with Crippen LogP contribution in [0.4, 0.5) is 10.1 Å². The second-order valence-corrected chi connectivity index (χ2v) is 7.40. The Balaban J connectivity index is 1.81. The predicted octanol–water partition coefficient (Wildman–Crippen LogP) is 5.07. The summed E-state index contributed by atoms with van der Waals surface area (Å²) in [6.07, 6.45) is 0. The normalized spacial score (nSPS) is 11.1. The third-order valence-corrected chi connectivity index (χ3v) is 5.45. The molecular formula is C14H10BrFN2S2. The van der Waals surface area contributed by atoms with E-state index in [1.807, 2.05) is 18.2 Å². The van der Waals surface area contributed by atoms with Gasteiger partial charge in [-0.1, -0.05) is 27.7 Å². The molecule has 20 heavy (non-hydrogen) atoms. The van der Waals surface area contributed by atoms with Crippen molar-refractivity contribution in [3.8, 4) is 0 Å². The van der Waals surface area contributed by atoms with Gasteiger partial charge in [0.25, 0.3) is 0 Å². The van der Waals surface area contributed by atoms with Crippen LogP contribution >= 0.6 is 39.0 Å². The van der Waals surface area contributed by atoms with Crippen molar-refractivity contribution in [1.82, 2.24) is 4.98 Å². The summed E-state index contributed by atoms with van der Waals surface area (Å²) in [6, 6.07) is 10.6. The summed E-state index contributed by atoms with van der Waals surface area (Å²) in [5.74, 6) is 0.367. The van der Waals surface area contributed by atoms with Crippen LogP contribution in [0.25, 0.3) is 10.2 Å². The Bertz CT molecular complexity index is 773. The first-order valence-electron chi connectivity index (χ1n) is 5.84. The summed E-state index contributed by atoms with van der Waals surface area (Å²) in [5.41, 5.74) is 8.09. The Labute approximate surface area is 132 Å². The molecule has 3 aromatic rings. The van der Waals surface area contributed by atoms with Gasteiger partial charge in [0.15, 0.2) is 4.34 Å².